The Morgan fingerprint density at radius 2 is 2.00 bits per heavy atom. The van der Waals surface area contributed by atoms with Crippen LogP contribution in [0.2, 0.25) is 0 Å². The molecule has 0 atom stereocenters. The summed E-state index contributed by atoms with van der Waals surface area (Å²) in [5, 5.41) is 10.7. The van der Waals surface area contributed by atoms with Gasteiger partial charge < -0.3 is 4.90 Å². The highest BCUT2D eigenvalue weighted by atomic mass is 19.4. The second-order valence-corrected chi connectivity index (χ2v) is 3.85. The average Bonchev–Trinajstić information content (AvgIpc) is 2.33. The van der Waals surface area contributed by atoms with E-state index in [1.165, 1.54) is 6.92 Å². The maximum absolute atomic E-state index is 13.1. The monoisotopic (exact) mass is 294 g/mol. The number of rotatable bonds is 4. The van der Waals surface area contributed by atoms with E-state index in [4.69, 9.17) is 0 Å². The van der Waals surface area contributed by atoms with Crippen LogP contribution in [0.3, 0.4) is 0 Å². The minimum atomic E-state index is -4.65. The van der Waals surface area contributed by atoms with E-state index >= 15 is 0 Å². The summed E-state index contributed by atoms with van der Waals surface area (Å²) in [6.45, 7) is -0.587. The topological polar surface area (TPSA) is 63.5 Å². The summed E-state index contributed by atoms with van der Waals surface area (Å²) in [7, 11) is 0. The van der Waals surface area contributed by atoms with Crippen LogP contribution in [-0.2, 0) is 0 Å². The molecule has 0 unspecified atom stereocenters. The second-order valence-electron chi connectivity index (χ2n) is 3.85. The van der Waals surface area contributed by atoms with Crippen LogP contribution in [0.4, 0.5) is 23.2 Å². The number of hydrogen-bond donors (Lipinski definition) is 0. The maximum atomic E-state index is 13.1. The van der Waals surface area contributed by atoms with Crippen molar-refractivity contribution in [3.05, 3.63) is 39.7 Å². The molecule has 0 aliphatic rings. The summed E-state index contributed by atoms with van der Waals surface area (Å²) in [5.74, 6) is -2.18. The number of carbonyl (C=O) groups excluding carboxylic acids is 1. The van der Waals surface area contributed by atoms with Gasteiger partial charge in [-0.1, -0.05) is 0 Å². The van der Waals surface area contributed by atoms with Crippen LogP contribution in [0.15, 0.2) is 18.2 Å². The van der Waals surface area contributed by atoms with Crippen LogP contribution in [0.1, 0.15) is 17.3 Å². The Hall–Kier alpha value is -2.19. The molecule has 1 amide bonds. The molecule has 0 fully saturated rings. The number of carbonyl (C=O) groups is 1. The molecule has 0 radical (unpaired) electrons. The van der Waals surface area contributed by atoms with Crippen LogP contribution in [-0.4, -0.2) is 35.0 Å². The van der Waals surface area contributed by atoms with Crippen LogP contribution in [0.5, 0.6) is 0 Å². The fraction of sp³-hybridized carbons (Fsp3) is 0.364. The maximum Gasteiger partial charge on any atom is 0.406 e. The molecule has 0 spiro atoms. The molecule has 1 aromatic rings. The van der Waals surface area contributed by atoms with E-state index in [1.807, 2.05) is 0 Å². The Morgan fingerprint density at radius 1 is 1.40 bits per heavy atom. The third-order valence-corrected chi connectivity index (χ3v) is 2.42. The minimum Gasteiger partial charge on any atom is -0.330 e. The molecule has 0 saturated carbocycles. The van der Waals surface area contributed by atoms with Gasteiger partial charge >= 0.3 is 6.18 Å². The van der Waals surface area contributed by atoms with Gasteiger partial charge in [-0.3, -0.25) is 14.9 Å². The molecular formula is C11H10F4N2O3. The lowest BCUT2D eigenvalue weighted by Gasteiger charge is -2.22. The number of nitrogens with zero attached hydrogens (tertiary/aromatic N) is 2. The first kappa shape index (κ1) is 15.9. The summed E-state index contributed by atoms with van der Waals surface area (Å²) in [5.41, 5.74) is -1.45. The van der Waals surface area contributed by atoms with Crippen LogP contribution >= 0.6 is 0 Å². The van der Waals surface area contributed by atoms with Gasteiger partial charge in [0.05, 0.1) is 4.92 Å². The van der Waals surface area contributed by atoms with E-state index in [1.54, 1.807) is 0 Å². The van der Waals surface area contributed by atoms with Crippen molar-refractivity contribution < 1.29 is 27.3 Å². The van der Waals surface area contributed by atoms with Gasteiger partial charge in [-0.15, -0.1) is 0 Å². The second kappa shape index (κ2) is 5.85. The lowest BCUT2D eigenvalue weighted by atomic mass is 10.1. The highest BCUT2D eigenvalue weighted by Crippen LogP contribution is 2.23. The van der Waals surface area contributed by atoms with Crippen LogP contribution in [0.25, 0.3) is 0 Å². The lowest BCUT2D eigenvalue weighted by Crippen LogP contribution is -2.39. The van der Waals surface area contributed by atoms with Gasteiger partial charge in [-0.25, -0.2) is 4.39 Å². The summed E-state index contributed by atoms with van der Waals surface area (Å²) in [4.78, 5) is 22.0. The molecule has 1 rings (SSSR count). The zero-order valence-electron chi connectivity index (χ0n) is 10.3. The van der Waals surface area contributed by atoms with E-state index in [0.29, 0.717) is 11.0 Å². The van der Waals surface area contributed by atoms with Crippen molar-refractivity contribution in [2.75, 3.05) is 13.1 Å². The van der Waals surface area contributed by atoms with E-state index in [-0.39, 0.29) is 6.54 Å². The van der Waals surface area contributed by atoms with Crippen molar-refractivity contribution in [1.82, 2.24) is 4.90 Å². The molecule has 0 bridgehead atoms. The van der Waals surface area contributed by atoms with Crippen molar-refractivity contribution in [2.24, 2.45) is 0 Å². The molecule has 110 valence electrons. The number of benzene rings is 1. The third kappa shape index (κ3) is 3.90. The zero-order valence-corrected chi connectivity index (χ0v) is 10.3. The van der Waals surface area contributed by atoms with Gasteiger partial charge in [0.1, 0.15) is 17.9 Å². The Kier molecular flexibility index (Phi) is 4.64. The molecule has 0 saturated heterocycles. The molecule has 9 heteroatoms. The summed E-state index contributed by atoms with van der Waals surface area (Å²) in [6, 6.07) is 2.05. The predicted molar refractivity (Wildman–Crippen MR) is 60.7 cm³/mol. The van der Waals surface area contributed by atoms with Gasteiger partial charge in [-0.2, -0.15) is 13.2 Å². The predicted octanol–water partition coefficient (Wildman–Crippen LogP) is 2.76. The average molecular weight is 294 g/mol. The number of amides is 1. The number of alkyl halides is 3. The van der Waals surface area contributed by atoms with Gasteiger partial charge in [0.25, 0.3) is 11.6 Å². The smallest absolute Gasteiger partial charge is 0.330 e. The molecule has 0 aliphatic carbocycles. The molecule has 0 aliphatic heterocycles. The molecule has 0 aromatic heterocycles. The fourth-order valence-corrected chi connectivity index (χ4v) is 1.55. The Bertz CT molecular complexity index is 531. The number of halogens is 4. The summed E-state index contributed by atoms with van der Waals surface area (Å²) < 4.78 is 50.0. The molecule has 1 aromatic carbocycles. The van der Waals surface area contributed by atoms with Crippen LogP contribution in [0, 0.1) is 15.9 Å². The first-order chi connectivity index (χ1) is 9.15. The van der Waals surface area contributed by atoms with Crippen molar-refractivity contribution in [3.63, 3.8) is 0 Å². The van der Waals surface area contributed by atoms with Gasteiger partial charge in [-0.05, 0) is 19.1 Å². The van der Waals surface area contributed by atoms with Crippen molar-refractivity contribution >= 4 is 11.6 Å². The molecule has 0 heterocycles. The zero-order chi connectivity index (χ0) is 15.5. The number of nitro benzene ring substituents is 1. The van der Waals surface area contributed by atoms with Crippen molar-refractivity contribution in [3.8, 4) is 0 Å². The summed E-state index contributed by atoms with van der Waals surface area (Å²) >= 11 is 0. The SMILES string of the molecule is CCN(CC(F)(F)F)C(=O)c1cc(F)ccc1[N+](=O)[O-]. The van der Waals surface area contributed by atoms with E-state index in [2.05, 4.69) is 0 Å². The third-order valence-electron chi connectivity index (χ3n) is 2.42. The summed E-state index contributed by atoms with van der Waals surface area (Å²) in [6.07, 6.45) is -4.65. The highest BCUT2D eigenvalue weighted by molar-refractivity contribution is 5.98. The van der Waals surface area contributed by atoms with Crippen molar-refractivity contribution in [2.45, 2.75) is 13.1 Å². The minimum absolute atomic E-state index is 0.313. The Morgan fingerprint density at radius 3 is 2.45 bits per heavy atom. The standard InChI is InChI=1S/C11H10F4N2O3/c1-2-16(6-11(13,14)15)10(18)8-5-7(12)3-4-9(8)17(19)20/h3-5H,2,6H2,1H3. The van der Waals surface area contributed by atoms with E-state index in [0.717, 1.165) is 12.1 Å². The largest absolute Gasteiger partial charge is 0.406 e. The van der Waals surface area contributed by atoms with Gasteiger partial charge in [0.2, 0.25) is 0 Å². The number of hydrogen-bond acceptors (Lipinski definition) is 3. The van der Waals surface area contributed by atoms with Gasteiger partial charge in [0, 0.05) is 12.6 Å². The number of nitro groups is 1. The van der Waals surface area contributed by atoms with Crippen LogP contribution < -0.4 is 0 Å². The van der Waals surface area contributed by atoms with E-state index < -0.39 is 40.6 Å². The fourth-order valence-electron chi connectivity index (χ4n) is 1.55. The Labute approximate surface area is 110 Å². The Balaban J connectivity index is 3.18. The normalized spacial score (nSPS) is 11.2. The van der Waals surface area contributed by atoms with Gasteiger partial charge in [0.15, 0.2) is 0 Å². The molecule has 5 nitrogen and oxygen atoms in total. The quantitative estimate of drug-likeness (QED) is 0.487. The highest BCUT2D eigenvalue weighted by Gasteiger charge is 2.34. The molecule has 20 heavy (non-hydrogen) atoms. The molecule has 0 N–H and O–H groups in total. The first-order valence-electron chi connectivity index (χ1n) is 5.45. The molecular weight excluding hydrogens is 284 g/mol. The van der Waals surface area contributed by atoms with Crippen molar-refractivity contribution in [1.29, 1.82) is 0 Å². The van der Waals surface area contributed by atoms with E-state index in [9.17, 15) is 32.5 Å². The lowest BCUT2D eigenvalue weighted by molar-refractivity contribution is -0.385. The first-order valence-corrected chi connectivity index (χ1v) is 5.45.